The molecule has 0 saturated carbocycles. The van der Waals surface area contributed by atoms with E-state index in [0.717, 1.165) is 30.4 Å². The van der Waals surface area contributed by atoms with Crippen molar-refractivity contribution in [2.45, 2.75) is 45.6 Å². The molecule has 1 atom stereocenters. The molecule has 5 nitrogen and oxygen atoms in total. The molecule has 0 saturated heterocycles. The van der Waals surface area contributed by atoms with Crippen LogP contribution in [0.15, 0.2) is 23.4 Å². The van der Waals surface area contributed by atoms with E-state index in [1.165, 1.54) is 6.21 Å². The van der Waals surface area contributed by atoms with Gasteiger partial charge in [-0.05, 0) is 49.8 Å². The summed E-state index contributed by atoms with van der Waals surface area (Å²) in [5.41, 5.74) is 2.09. The van der Waals surface area contributed by atoms with E-state index in [2.05, 4.69) is 5.16 Å². The molecular formula is C15H21NO4. The number of hydrogen-bond acceptors (Lipinski definition) is 4. The molecule has 20 heavy (non-hydrogen) atoms. The molecule has 0 spiro atoms. The summed E-state index contributed by atoms with van der Waals surface area (Å²) in [6.07, 6.45) is 3.60. The van der Waals surface area contributed by atoms with Gasteiger partial charge in [0.05, 0.1) is 0 Å². The molecular weight excluding hydrogens is 258 g/mol. The summed E-state index contributed by atoms with van der Waals surface area (Å²) in [7, 11) is 0. The van der Waals surface area contributed by atoms with Crippen molar-refractivity contribution in [3.8, 4) is 5.75 Å². The highest BCUT2D eigenvalue weighted by atomic mass is 16.5. The number of carbonyl (C=O) groups is 1. The average molecular weight is 279 g/mol. The van der Waals surface area contributed by atoms with Crippen molar-refractivity contribution < 1.29 is 19.8 Å². The molecule has 0 aromatic heterocycles. The molecule has 1 rings (SSSR count). The number of unbranched alkanes of at least 4 members (excludes halogenated alkanes) is 1. The number of nitrogens with zero attached hydrogens (tertiary/aromatic N) is 1. The van der Waals surface area contributed by atoms with Crippen LogP contribution in [-0.4, -0.2) is 28.6 Å². The predicted octanol–water partition coefficient (Wildman–Crippen LogP) is 3.02. The van der Waals surface area contributed by atoms with Gasteiger partial charge in [0.2, 0.25) is 0 Å². The van der Waals surface area contributed by atoms with Crippen LogP contribution in [0.5, 0.6) is 5.75 Å². The smallest absolute Gasteiger partial charge is 0.344 e. The zero-order chi connectivity index (χ0) is 15.0. The first-order valence-corrected chi connectivity index (χ1v) is 6.73. The molecule has 1 aromatic rings. The highest BCUT2D eigenvalue weighted by Crippen LogP contribution is 2.22. The van der Waals surface area contributed by atoms with Gasteiger partial charge in [0.15, 0.2) is 6.10 Å². The van der Waals surface area contributed by atoms with Crippen LogP contribution in [0.3, 0.4) is 0 Å². The van der Waals surface area contributed by atoms with E-state index in [-0.39, 0.29) is 0 Å². The van der Waals surface area contributed by atoms with Gasteiger partial charge in [-0.15, -0.1) is 5.16 Å². The summed E-state index contributed by atoms with van der Waals surface area (Å²) in [6, 6.07) is 5.75. The maximum Gasteiger partial charge on any atom is 0.344 e. The fourth-order valence-corrected chi connectivity index (χ4v) is 1.92. The second kappa shape index (κ2) is 8.19. The van der Waals surface area contributed by atoms with Gasteiger partial charge >= 0.3 is 5.97 Å². The lowest BCUT2D eigenvalue weighted by atomic mass is 10.1. The highest BCUT2D eigenvalue weighted by molar-refractivity contribution is 5.72. The van der Waals surface area contributed by atoms with Crippen LogP contribution in [0.2, 0.25) is 0 Å². The van der Waals surface area contributed by atoms with E-state index in [1.54, 1.807) is 6.92 Å². The van der Waals surface area contributed by atoms with Crippen molar-refractivity contribution in [2.75, 3.05) is 0 Å². The van der Waals surface area contributed by atoms with Gasteiger partial charge in [-0.3, -0.25) is 0 Å². The largest absolute Gasteiger partial charge is 0.479 e. The van der Waals surface area contributed by atoms with Crippen LogP contribution < -0.4 is 4.74 Å². The molecule has 110 valence electrons. The lowest BCUT2D eigenvalue weighted by Gasteiger charge is -2.15. The van der Waals surface area contributed by atoms with Crippen LogP contribution in [0.1, 0.15) is 37.3 Å². The summed E-state index contributed by atoms with van der Waals surface area (Å²) in [4.78, 5) is 11.0. The van der Waals surface area contributed by atoms with Crippen LogP contribution in [-0.2, 0) is 11.2 Å². The molecule has 0 aliphatic rings. The van der Waals surface area contributed by atoms with Crippen LogP contribution in [0.25, 0.3) is 0 Å². The maximum atomic E-state index is 11.0. The molecule has 5 heteroatoms. The average Bonchev–Trinajstić information content (AvgIpc) is 2.42. The maximum absolute atomic E-state index is 11.0. The quantitative estimate of drug-likeness (QED) is 0.332. The number of benzene rings is 1. The zero-order valence-electron chi connectivity index (χ0n) is 11.9. The molecule has 0 amide bonds. The van der Waals surface area contributed by atoms with Gasteiger partial charge in [0.25, 0.3) is 0 Å². The first-order valence-electron chi connectivity index (χ1n) is 6.73. The van der Waals surface area contributed by atoms with Crippen molar-refractivity contribution >= 4 is 12.2 Å². The molecule has 0 aliphatic heterocycles. The van der Waals surface area contributed by atoms with E-state index >= 15 is 0 Å². The standard InChI is InChI=1S/C15H21NO4/c1-3-13(15(17)18)20-14-8-7-12(10-11(14)2)6-4-5-9-16-19/h7-10,13,19H,3-6H2,1-2H3,(H,17,18). The third kappa shape index (κ3) is 4.91. The Bertz CT molecular complexity index is 471. The molecule has 0 aliphatic carbocycles. The molecule has 2 N–H and O–H groups in total. The number of carboxylic acid groups (broad SMARTS) is 1. The molecule has 1 unspecified atom stereocenters. The minimum absolute atomic E-state index is 0.428. The molecule has 0 heterocycles. The third-order valence-electron chi connectivity index (χ3n) is 3.04. The van der Waals surface area contributed by atoms with E-state index in [9.17, 15) is 4.79 Å². The van der Waals surface area contributed by atoms with Crippen molar-refractivity contribution in [1.29, 1.82) is 0 Å². The summed E-state index contributed by atoms with van der Waals surface area (Å²) in [5, 5.41) is 20.2. The highest BCUT2D eigenvalue weighted by Gasteiger charge is 2.17. The van der Waals surface area contributed by atoms with Crippen LogP contribution >= 0.6 is 0 Å². The molecule has 0 bridgehead atoms. The minimum Gasteiger partial charge on any atom is -0.479 e. The summed E-state index contributed by atoms with van der Waals surface area (Å²) in [5.74, 6) is -0.334. The number of oxime groups is 1. The number of aryl methyl sites for hydroxylation is 2. The van der Waals surface area contributed by atoms with Gasteiger partial charge in [-0.25, -0.2) is 4.79 Å². The summed E-state index contributed by atoms with van der Waals surface area (Å²) in [6.45, 7) is 3.69. The first-order chi connectivity index (χ1) is 9.58. The second-order valence-electron chi connectivity index (χ2n) is 4.64. The van der Waals surface area contributed by atoms with Gasteiger partial charge in [0.1, 0.15) is 5.75 Å². The Morgan fingerprint density at radius 1 is 1.50 bits per heavy atom. The Morgan fingerprint density at radius 3 is 2.80 bits per heavy atom. The van der Waals surface area contributed by atoms with Crippen LogP contribution in [0, 0.1) is 6.92 Å². The Labute approximate surface area is 118 Å². The number of hydrogen-bond donors (Lipinski definition) is 2. The van der Waals surface area contributed by atoms with E-state index in [1.807, 2.05) is 25.1 Å². The Morgan fingerprint density at radius 2 is 2.25 bits per heavy atom. The monoisotopic (exact) mass is 279 g/mol. The first kappa shape index (κ1) is 16.0. The zero-order valence-corrected chi connectivity index (χ0v) is 11.9. The molecule has 0 fully saturated rings. The topological polar surface area (TPSA) is 79.1 Å². The van der Waals surface area contributed by atoms with Gasteiger partial charge < -0.3 is 15.1 Å². The Kier molecular flexibility index (Phi) is 6.56. The van der Waals surface area contributed by atoms with Crippen molar-refractivity contribution in [2.24, 2.45) is 5.16 Å². The molecule has 0 radical (unpaired) electrons. The number of rotatable bonds is 8. The van der Waals surface area contributed by atoms with E-state index in [0.29, 0.717) is 12.2 Å². The van der Waals surface area contributed by atoms with Gasteiger partial charge in [-0.2, -0.15) is 0 Å². The predicted molar refractivity (Wildman–Crippen MR) is 76.7 cm³/mol. The van der Waals surface area contributed by atoms with Gasteiger partial charge in [-0.1, -0.05) is 19.1 Å². The number of carboxylic acids is 1. The van der Waals surface area contributed by atoms with Gasteiger partial charge in [0, 0.05) is 6.21 Å². The van der Waals surface area contributed by atoms with Crippen molar-refractivity contribution in [1.82, 2.24) is 0 Å². The Balaban J connectivity index is 2.65. The lowest BCUT2D eigenvalue weighted by molar-refractivity contribution is -0.145. The molecule has 1 aromatic carbocycles. The number of ether oxygens (including phenoxy) is 1. The normalized spacial score (nSPS) is 12.5. The van der Waals surface area contributed by atoms with Crippen LogP contribution in [0.4, 0.5) is 0 Å². The minimum atomic E-state index is -0.945. The second-order valence-corrected chi connectivity index (χ2v) is 4.64. The fourth-order valence-electron chi connectivity index (χ4n) is 1.92. The van der Waals surface area contributed by atoms with E-state index < -0.39 is 12.1 Å². The van der Waals surface area contributed by atoms with Crippen molar-refractivity contribution in [3.05, 3.63) is 29.3 Å². The number of aliphatic carboxylic acids is 1. The summed E-state index contributed by atoms with van der Waals surface area (Å²) >= 11 is 0. The van der Waals surface area contributed by atoms with E-state index in [4.69, 9.17) is 15.1 Å². The van der Waals surface area contributed by atoms with Crippen molar-refractivity contribution in [3.63, 3.8) is 0 Å². The SMILES string of the molecule is CCC(Oc1ccc(CCCC=NO)cc1C)C(=O)O. The Hall–Kier alpha value is -2.04. The lowest BCUT2D eigenvalue weighted by Crippen LogP contribution is -2.26. The fraction of sp³-hybridized carbons (Fsp3) is 0.467. The third-order valence-corrected chi connectivity index (χ3v) is 3.04. The summed E-state index contributed by atoms with van der Waals surface area (Å²) < 4.78 is 5.50.